The molecule has 0 heterocycles. The van der Waals surface area contributed by atoms with Crippen molar-refractivity contribution in [3.8, 4) is 0 Å². The molecule has 0 aromatic heterocycles. The fourth-order valence-corrected chi connectivity index (χ4v) is 3.77. The van der Waals surface area contributed by atoms with E-state index in [4.69, 9.17) is 4.18 Å². The maximum Gasteiger partial charge on any atom is 1.00 e. The van der Waals surface area contributed by atoms with Crippen molar-refractivity contribution in [1.82, 2.24) is 5.32 Å². The van der Waals surface area contributed by atoms with Gasteiger partial charge in [0.05, 0.1) is 12.4 Å². The van der Waals surface area contributed by atoms with Gasteiger partial charge in [-0.25, -0.2) is 0 Å². The maximum atomic E-state index is 11.5. The minimum atomic E-state index is -3.33. The molecule has 0 aliphatic heterocycles. The number of hydrogen-bond acceptors (Lipinski definition) is 4. The van der Waals surface area contributed by atoms with Crippen LogP contribution in [0.5, 0.6) is 0 Å². The molecule has 27 heavy (non-hydrogen) atoms. The first kappa shape index (κ1) is 30.4. The third-order valence-corrected chi connectivity index (χ3v) is 5.75. The van der Waals surface area contributed by atoms with Crippen LogP contribution in [0.1, 0.15) is 98.2 Å². The Labute approximate surface area is 213 Å². The van der Waals surface area contributed by atoms with Gasteiger partial charge in [-0.05, 0) is 39.2 Å². The van der Waals surface area contributed by atoms with Crippen LogP contribution in [-0.4, -0.2) is 34.4 Å². The molecule has 158 valence electrons. The molecule has 0 aromatic rings. The second kappa shape index (κ2) is 23.5. The molecule has 0 rings (SSSR count). The predicted octanol–water partition coefficient (Wildman–Crippen LogP) is 2.71. The first-order chi connectivity index (χ1) is 12.6. The van der Waals surface area contributed by atoms with E-state index in [9.17, 15) is 8.42 Å². The molecule has 0 aliphatic rings. The first-order valence-electron chi connectivity index (χ1n) is 10.8. The van der Waals surface area contributed by atoms with Crippen molar-refractivity contribution in [1.29, 1.82) is 0 Å². The summed E-state index contributed by atoms with van der Waals surface area (Å²) in [7, 11) is -1.60. The van der Waals surface area contributed by atoms with Crippen molar-refractivity contribution in [2.45, 2.75) is 96.8 Å². The van der Waals surface area contributed by atoms with Crippen LogP contribution >= 0.6 is 0 Å². The number of rotatable bonds is 20. The van der Waals surface area contributed by atoms with Gasteiger partial charge in [0, 0.05) is 6.54 Å². The third-order valence-electron chi connectivity index (χ3n) is 4.52. The molecule has 0 amide bonds. The molecular formula is C21H44KNO3S. The van der Waals surface area contributed by atoms with Gasteiger partial charge >= 0.3 is 51.4 Å². The van der Waals surface area contributed by atoms with E-state index in [2.05, 4.69) is 24.4 Å². The Morgan fingerprint density at radius 3 is 1.81 bits per heavy atom. The van der Waals surface area contributed by atoms with Crippen LogP contribution in [0.2, 0.25) is 0 Å². The van der Waals surface area contributed by atoms with E-state index in [1.54, 1.807) is 7.05 Å². The van der Waals surface area contributed by atoms with Crippen LogP contribution in [0.4, 0.5) is 0 Å². The van der Waals surface area contributed by atoms with Crippen molar-refractivity contribution in [3.63, 3.8) is 0 Å². The second-order valence-electron chi connectivity index (χ2n) is 7.13. The SMILES string of the molecule is CCCCCCCC/C=C\CCCCCCCCOS(=O)(=O)CCNC.[H-].[K+]. The minimum absolute atomic E-state index is 0. The van der Waals surface area contributed by atoms with Gasteiger partial charge in [-0.15, -0.1) is 0 Å². The average Bonchev–Trinajstić information content (AvgIpc) is 2.62. The van der Waals surface area contributed by atoms with Crippen molar-refractivity contribution in [3.05, 3.63) is 12.2 Å². The van der Waals surface area contributed by atoms with Gasteiger partial charge < -0.3 is 6.74 Å². The van der Waals surface area contributed by atoms with Gasteiger partial charge in [-0.2, -0.15) is 8.42 Å². The Balaban J connectivity index is -0.00000312. The average molecular weight is 430 g/mol. The first-order valence-corrected chi connectivity index (χ1v) is 12.4. The zero-order chi connectivity index (χ0) is 19.3. The van der Waals surface area contributed by atoms with E-state index in [-0.39, 0.29) is 58.6 Å². The second-order valence-corrected chi connectivity index (χ2v) is 8.88. The van der Waals surface area contributed by atoms with Gasteiger partial charge in [0.1, 0.15) is 0 Å². The summed E-state index contributed by atoms with van der Waals surface area (Å²) < 4.78 is 27.9. The van der Waals surface area contributed by atoms with Gasteiger partial charge in [0.25, 0.3) is 10.1 Å². The fraction of sp³-hybridized carbons (Fsp3) is 0.905. The Morgan fingerprint density at radius 2 is 1.30 bits per heavy atom. The molecule has 0 atom stereocenters. The molecule has 0 bridgehead atoms. The summed E-state index contributed by atoms with van der Waals surface area (Å²) in [5.74, 6) is 0.0515. The minimum Gasteiger partial charge on any atom is -1.00 e. The van der Waals surface area contributed by atoms with E-state index in [0.29, 0.717) is 13.2 Å². The fourth-order valence-electron chi connectivity index (χ4n) is 2.82. The molecule has 0 aromatic carbocycles. The van der Waals surface area contributed by atoms with Gasteiger partial charge in [0.2, 0.25) is 0 Å². The van der Waals surface area contributed by atoms with Crippen molar-refractivity contribution in [2.24, 2.45) is 0 Å². The molecule has 0 saturated carbocycles. The van der Waals surface area contributed by atoms with Crippen LogP contribution in [0.25, 0.3) is 0 Å². The predicted molar refractivity (Wildman–Crippen MR) is 114 cm³/mol. The van der Waals surface area contributed by atoms with Crippen molar-refractivity contribution < 1.29 is 65.4 Å². The molecule has 0 unspecified atom stereocenters. The van der Waals surface area contributed by atoms with E-state index >= 15 is 0 Å². The summed E-state index contributed by atoms with van der Waals surface area (Å²) in [6, 6.07) is 0. The topological polar surface area (TPSA) is 55.4 Å². The Kier molecular flexibility index (Phi) is 26.5. The van der Waals surface area contributed by atoms with E-state index in [0.717, 1.165) is 12.8 Å². The summed E-state index contributed by atoms with van der Waals surface area (Å²) in [5.41, 5.74) is 0. The smallest absolute Gasteiger partial charge is 1.00 e. The molecule has 6 heteroatoms. The summed E-state index contributed by atoms with van der Waals surface area (Å²) in [4.78, 5) is 0. The zero-order valence-corrected chi connectivity index (χ0v) is 22.2. The number of nitrogens with one attached hydrogen (secondary N) is 1. The van der Waals surface area contributed by atoms with Crippen LogP contribution < -0.4 is 56.7 Å². The van der Waals surface area contributed by atoms with E-state index in [1.165, 1.54) is 77.0 Å². The number of hydrogen-bond donors (Lipinski definition) is 1. The molecule has 1 N–H and O–H groups in total. The third kappa shape index (κ3) is 25.2. The van der Waals surface area contributed by atoms with Crippen molar-refractivity contribution >= 4 is 10.1 Å². The van der Waals surface area contributed by atoms with Crippen LogP contribution in [0, 0.1) is 0 Å². The molecular weight excluding hydrogens is 385 g/mol. The normalized spacial score (nSPS) is 11.8. The van der Waals surface area contributed by atoms with E-state index in [1.807, 2.05) is 0 Å². The van der Waals surface area contributed by atoms with Crippen LogP contribution in [-0.2, 0) is 14.3 Å². The van der Waals surface area contributed by atoms with Gasteiger partial charge in [-0.3, -0.25) is 4.18 Å². The zero-order valence-electron chi connectivity index (χ0n) is 19.3. The summed E-state index contributed by atoms with van der Waals surface area (Å²) in [6.45, 7) is 3.03. The van der Waals surface area contributed by atoms with Crippen LogP contribution in [0.3, 0.4) is 0 Å². The van der Waals surface area contributed by atoms with E-state index < -0.39 is 10.1 Å². The largest absolute Gasteiger partial charge is 1.00 e. The maximum absolute atomic E-state index is 11.5. The Bertz CT molecular complexity index is 420. The van der Waals surface area contributed by atoms with Gasteiger partial charge in [0.15, 0.2) is 0 Å². The summed E-state index contributed by atoms with van der Waals surface area (Å²) >= 11 is 0. The number of allylic oxidation sites excluding steroid dienone is 2. The molecule has 0 radical (unpaired) electrons. The quantitative estimate of drug-likeness (QED) is 0.140. The standard InChI is InChI=1S/C21H43NO3S.K.H/c1-3-4-5-6-7-8-9-10-11-12-13-14-15-16-17-18-20-25-26(23,24)21-19-22-2;;/h10-11,22H,3-9,12-21H2,1-2H3;;/q;+1;-1/b11-10-;;. The van der Waals surface area contributed by atoms with Gasteiger partial charge in [-0.1, -0.05) is 76.9 Å². The summed E-state index contributed by atoms with van der Waals surface area (Å²) in [6.07, 6.45) is 22.2. The monoisotopic (exact) mass is 429 g/mol. The van der Waals surface area contributed by atoms with Crippen molar-refractivity contribution in [2.75, 3.05) is 26.0 Å². The number of unbranched alkanes of at least 4 members (excludes halogenated alkanes) is 12. The molecule has 0 saturated heterocycles. The Hall–Kier alpha value is 1.25. The molecule has 0 fully saturated rings. The molecule has 0 aliphatic carbocycles. The Morgan fingerprint density at radius 1 is 0.815 bits per heavy atom. The molecule has 0 spiro atoms. The van der Waals surface area contributed by atoms with Crippen LogP contribution in [0.15, 0.2) is 12.2 Å². The summed E-state index contributed by atoms with van der Waals surface area (Å²) in [5, 5.41) is 2.82. The molecule has 4 nitrogen and oxygen atoms in total.